The molecule has 0 unspecified atom stereocenters. The average Bonchev–Trinajstić information content (AvgIpc) is 3.32. The summed E-state index contributed by atoms with van der Waals surface area (Å²) in [5.41, 5.74) is 5.55. The van der Waals surface area contributed by atoms with E-state index in [1.807, 2.05) is 24.3 Å². The van der Waals surface area contributed by atoms with Gasteiger partial charge in [0.05, 0.1) is 11.9 Å². The Hall–Kier alpha value is -5.44. The van der Waals surface area contributed by atoms with E-state index in [4.69, 9.17) is 9.84 Å². The lowest BCUT2D eigenvalue weighted by Crippen LogP contribution is -2.44. The van der Waals surface area contributed by atoms with E-state index in [9.17, 15) is 9.59 Å². The van der Waals surface area contributed by atoms with Crippen LogP contribution in [0.4, 0.5) is 22.7 Å². The van der Waals surface area contributed by atoms with E-state index in [0.717, 1.165) is 54.2 Å². The molecule has 2 amide bonds. The number of hydrogen-bond acceptors (Lipinski definition) is 7. The molecule has 2 aliphatic heterocycles. The zero-order valence-electron chi connectivity index (χ0n) is 27.5. The SMILES string of the molecule is CCN(CC)c1ccc2c(c1)Oc1cc(N(CC)CC)ccc1C21c2ccccc2C(=O)N1N=CC=Nc1ccc(NC(C)=O)cc1. The van der Waals surface area contributed by atoms with Crippen molar-refractivity contribution in [3.05, 3.63) is 107 Å². The zero-order valence-corrected chi connectivity index (χ0v) is 27.5. The van der Waals surface area contributed by atoms with Crippen molar-refractivity contribution in [1.82, 2.24) is 5.01 Å². The Morgan fingerprint density at radius 2 is 1.36 bits per heavy atom. The fourth-order valence-corrected chi connectivity index (χ4v) is 6.70. The lowest BCUT2D eigenvalue weighted by atomic mass is 9.75. The largest absolute Gasteiger partial charge is 0.456 e. The number of amides is 2. The van der Waals surface area contributed by atoms with Crippen molar-refractivity contribution in [3.8, 4) is 11.5 Å². The summed E-state index contributed by atoms with van der Waals surface area (Å²) in [7, 11) is 0. The minimum absolute atomic E-state index is 0.136. The number of benzene rings is 4. The first kappa shape index (κ1) is 31.5. The van der Waals surface area contributed by atoms with Gasteiger partial charge in [-0.05, 0) is 70.2 Å². The van der Waals surface area contributed by atoms with Gasteiger partial charge in [-0.15, -0.1) is 0 Å². The van der Waals surface area contributed by atoms with Crippen LogP contribution in [0.2, 0.25) is 0 Å². The van der Waals surface area contributed by atoms with Gasteiger partial charge in [0.1, 0.15) is 17.0 Å². The Morgan fingerprint density at radius 1 is 0.787 bits per heavy atom. The Morgan fingerprint density at radius 3 is 1.91 bits per heavy atom. The minimum atomic E-state index is -1.06. The zero-order chi connectivity index (χ0) is 33.1. The van der Waals surface area contributed by atoms with Gasteiger partial charge in [-0.2, -0.15) is 5.10 Å². The highest BCUT2D eigenvalue weighted by atomic mass is 16.5. The van der Waals surface area contributed by atoms with Crippen LogP contribution < -0.4 is 19.9 Å². The van der Waals surface area contributed by atoms with E-state index < -0.39 is 5.54 Å². The van der Waals surface area contributed by atoms with Gasteiger partial charge in [0.2, 0.25) is 5.91 Å². The number of carbonyl (C=O) groups is 2. The number of carbonyl (C=O) groups excluding carboxylic acids is 2. The van der Waals surface area contributed by atoms with Crippen LogP contribution >= 0.6 is 0 Å². The van der Waals surface area contributed by atoms with Crippen molar-refractivity contribution >= 4 is 47.0 Å². The van der Waals surface area contributed by atoms with E-state index >= 15 is 0 Å². The summed E-state index contributed by atoms with van der Waals surface area (Å²) in [6.07, 6.45) is 3.13. The minimum Gasteiger partial charge on any atom is -0.456 e. The maximum absolute atomic E-state index is 14.3. The average molecular weight is 629 g/mol. The summed E-state index contributed by atoms with van der Waals surface area (Å²) in [4.78, 5) is 34.7. The molecular weight excluding hydrogens is 588 g/mol. The number of nitrogens with one attached hydrogen (secondary N) is 1. The normalized spacial score (nSPS) is 14.2. The summed E-state index contributed by atoms with van der Waals surface area (Å²) in [5.74, 6) is 1.04. The number of nitrogens with zero attached hydrogens (tertiary/aromatic N) is 5. The summed E-state index contributed by atoms with van der Waals surface area (Å²) in [5, 5.41) is 9.16. The predicted octanol–water partition coefficient (Wildman–Crippen LogP) is 7.58. The lowest BCUT2D eigenvalue weighted by Gasteiger charge is -2.42. The van der Waals surface area contributed by atoms with Gasteiger partial charge < -0.3 is 19.9 Å². The van der Waals surface area contributed by atoms with Crippen molar-refractivity contribution in [1.29, 1.82) is 0 Å². The van der Waals surface area contributed by atoms with Crippen molar-refractivity contribution in [3.63, 3.8) is 0 Å². The van der Waals surface area contributed by atoms with E-state index in [1.54, 1.807) is 41.7 Å². The van der Waals surface area contributed by atoms with E-state index in [2.05, 4.69) is 84.2 Å². The second kappa shape index (κ2) is 13.1. The van der Waals surface area contributed by atoms with Crippen molar-refractivity contribution in [2.24, 2.45) is 10.1 Å². The third-order valence-corrected chi connectivity index (χ3v) is 8.90. The molecule has 1 spiro atoms. The van der Waals surface area contributed by atoms with Crippen LogP contribution in [0.3, 0.4) is 0 Å². The van der Waals surface area contributed by atoms with Gasteiger partial charge in [-0.1, -0.05) is 30.3 Å². The maximum atomic E-state index is 14.3. The number of fused-ring (bicyclic) bond motifs is 6. The van der Waals surface area contributed by atoms with E-state index in [0.29, 0.717) is 28.4 Å². The van der Waals surface area contributed by atoms with Crippen LogP contribution in [0.5, 0.6) is 11.5 Å². The molecule has 4 aromatic carbocycles. The van der Waals surface area contributed by atoms with Crippen LogP contribution in [0.25, 0.3) is 0 Å². The van der Waals surface area contributed by atoms with E-state index in [1.165, 1.54) is 6.92 Å². The molecule has 47 heavy (non-hydrogen) atoms. The first-order valence-electron chi connectivity index (χ1n) is 16.2. The standard InChI is InChI=1S/C38H40N6O3/c1-6-42(7-2)29-18-20-33-35(24-29)47-36-25-30(43(8-3)9-4)19-21-34(36)38(33)32-13-11-10-12-31(32)37(46)44(38)40-23-22-39-27-14-16-28(17-15-27)41-26(5)45/h10-25H,6-9H2,1-5H3,(H,41,45). The second-order valence-electron chi connectivity index (χ2n) is 11.5. The molecule has 1 N–H and O–H groups in total. The molecule has 9 nitrogen and oxygen atoms in total. The van der Waals surface area contributed by atoms with Crippen molar-refractivity contribution < 1.29 is 14.3 Å². The Kier molecular flexibility index (Phi) is 8.80. The predicted molar refractivity (Wildman–Crippen MR) is 190 cm³/mol. The number of anilines is 3. The van der Waals surface area contributed by atoms with E-state index in [-0.39, 0.29) is 11.8 Å². The molecule has 2 heterocycles. The third-order valence-electron chi connectivity index (χ3n) is 8.90. The van der Waals surface area contributed by atoms with Crippen LogP contribution in [-0.2, 0) is 10.3 Å². The Balaban J connectivity index is 1.50. The fraction of sp³-hybridized carbons (Fsp3) is 0.263. The summed E-state index contributed by atoms with van der Waals surface area (Å²) >= 11 is 0. The summed E-state index contributed by atoms with van der Waals surface area (Å²) < 4.78 is 6.74. The molecule has 0 atom stereocenters. The molecule has 0 aliphatic carbocycles. The molecule has 2 aliphatic rings. The Labute approximate surface area is 276 Å². The lowest BCUT2D eigenvalue weighted by molar-refractivity contribution is -0.114. The van der Waals surface area contributed by atoms with Crippen LogP contribution in [0.1, 0.15) is 61.7 Å². The summed E-state index contributed by atoms with van der Waals surface area (Å²) in [6, 6.07) is 27.4. The maximum Gasteiger partial charge on any atom is 0.275 e. The highest BCUT2D eigenvalue weighted by molar-refractivity contribution is 6.17. The highest BCUT2D eigenvalue weighted by Crippen LogP contribution is 2.58. The number of aliphatic imine (C=N–C) groups is 1. The van der Waals surface area contributed by atoms with Crippen molar-refractivity contribution in [2.75, 3.05) is 41.3 Å². The van der Waals surface area contributed by atoms with Crippen LogP contribution in [-0.4, -0.2) is 55.4 Å². The third kappa shape index (κ3) is 5.52. The smallest absolute Gasteiger partial charge is 0.275 e. The molecule has 0 aromatic heterocycles. The van der Waals surface area contributed by atoms with Gasteiger partial charge >= 0.3 is 0 Å². The second-order valence-corrected chi connectivity index (χ2v) is 11.5. The molecule has 0 saturated heterocycles. The molecule has 9 heteroatoms. The van der Waals surface area contributed by atoms with Crippen molar-refractivity contribution in [2.45, 2.75) is 40.2 Å². The molecule has 0 fully saturated rings. The molecular formula is C38H40N6O3. The molecule has 240 valence electrons. The number of hydrazone groups is 1. The first-order chi connectivity index (χ1) is 22.8. The topological polar surface area (TPSA) is 89.8 Å². The molecule has 0 bridgehead atoms. The highest BCUT2D eigenvalue weighted by Gasteiger charge is 2.57. The van der Waals surface area contributed by atoms with Crippen LogP contribution in [0.15, 0.2) is 95.0 Å². The molecule has 4 aromatic rings. The molecule has 0 radical (unpaired) electrons. The number of rotatable bonds is 10. The van der Waals surface area contributed by atoms with Crippen LogP contribution in [0, 0.1) is 0 Å². The van der Waals surface area contributed by atoms with Gasteiger partial charge in [0, 0.05) is 90.8 Å². The number of hydrogen-bond donors (Lipinski definition) is 1. The van der Waals surface area contributed by atoms with Gasteiger partial charge in [0.25, 0.3) is 5.91 Å². The van der Waals surface area contributed by atoms with Gasteiger partial charge in [-0.25, -0.2) is 5.01 Å². The quantitative estimate of drug-likeness (QED) is 0.183. The van der Waals surface area contributed by atoms with Gasteiger partial charge in [-0.3, -0.25) is 14.6 Å². The Bertz CT molecular complexity index is 1800. The number of ether oxygens (including phenoxy) is 1. The molecule has 6 rings (SSSR count). The monoisotopic (exact) mass is 628 g/mol. The summed E-state index contributed by atoms with van der Waals surface area (Å²) in [6.45, 7) is 13.4. The first-order valence-corrected chi connectivity index (χ1v) is 16.2. The molecule has 0 saturated carbocycles. The van der Waals surface area contributed by atoms with Gasteiger partial charge in [0.15, 0.2) is 0 Å². The fourth-order valence-electron chi connectivity index (χ4n) is 6.70.